The van der Waals surface area contributed by atoms with E-state index < -0.39 is 50.4 Å². The van der Waals surface area contributed by atoms with E-state index in [1.54, 1.807) is 50.2 Å². The van der Waals surface area contributed by atoms with Gasteiger partial charge >= 0.3 is 5.97 Å². The average Bonchev–Trinajstić information content (AvgIpc) is 2.88. The summed E-state index contributed by atoms with van der Waals surface area (Å²) in [6.45, 7) is 2.50. The number of carboxylic acids is 1. The number of para-hydroxylation sites is 1. The van der Waals surface area contributed by atoms with E-state index in [2.05, 4.69) is 5.32 Å². The van der Waals surface area contributed by atoms with Crippen LogP contribution in [0, 0.1) is 5.92 Å². The lowest BCUT2D eigenvalue weighted by Gasteiger charge is -2.30. The van der Waals surface area contributed by atoms with Gasteiger partial charge in [0.25, 0.3) is 0 Å². The Kier molecular flexibility index (Phi) is 10.0. The molecule has 0 aliphatic carbocycles. The molecule has 214 valence electrons. The summed E-state index contributed by atoms with van der Waals surface area (Å²) in [7, 11) is -8.23. The second-order valence-corrected chi connectivity index (χ2v) is 12.7. The molecule has 0 aliphatic heterocycles. The molecule has 40 heavy (non-hydrogen) atoms. The summed E-state index contributed by atoms with van der Waals surface area (Å²) in [5, 5.41) is 17.5. The Morgan fingerprint density at radius 1 is 0.875 bits per heavy atom. The molecule has 0 heterocycles. The van der Waals surface area contributed by atoms with Crippen molar-refractivity contribution in [1.29, 1.82) is 0 Å². The maximum absolute atomic E-state index is 13.6. The van der Waals surface area contributed by atoms with E-state index in [1.807, 2.05) is 6.07 Å². The molecule has 0 saturated carbocycles. The van der Waals surface area contributed by atoms with Crippen LogP contribution in [-0.2, 0) is 36.1 Å². The van der Waals surface area contributed by atoms with Crippen LogP contribution >= 0.6 is 0 Å². The fourth-order valence-corrected chi connectivity index (χ4v) is 6.09. The number of carbonyl (C=O) groups is 2. The third kappa shape index (κ3) is 8.11. The van der Waals surface area contributed by atoms with Gasteiger partial charge in [0.1, 0.15) is 17.5 Å². The number of carboxylic acid groups (broad SMARTS) is 1. The summed E-state index contributed by atoms with van der Waals surface area (Å²) in [5.74, 6) is -1.78. The number of nitrogens with one attached hydrogen (secondary N) is 1. The molecule has 3 aromatic carbocycles. The van der Waals surface area contributed by atoms with Crippen molar-refractivity contribution in [3.8, 4) is 11.5 Å². The van der Waals surface area contributed by atoms with E-state index >= 15 is 0 Å². The van der Waals surface area contributed by atoms with Gasteiger partial charge in [0.2, 0.25) is 26.0 Å². The van der Waals surface area contributed by atoms with Crippen LogP contribution in [-0.4, -0.2) is 57.3 Å². The third-order valence-corrected chi connectivity index (χ3v) is 8.66. The fraction of sp³-hybridized carbons (Fsp3) is 0.259. The van der Waals surface area contributed by atoms with E-state index in [0.29, 0.717) is 27.8 Å². The number of amides is 1. The smallest absolute Gasteiger partial charge is 0.322 e. The number of hydrogen-bond acceptors (Lipinski definition) is 7. The van der Waals surface area contributed by atoms with Crippen molar-refractivity contribution < 1.29 is 36.3 Å². The highest BCUT2D eigenvalue weighted by atomic mass is 32.2. The zero-order chi connectivity index (χ0) is 29.5. The largest absolute Gasteiger partial charge is 0.480 e. The van der Waals surface area contributed by atoms with E-state index in [1.165, 1.54) is 36.4 Å². The number of rotatable bonds is 13. The fourth-order valence-electron chi connectivity index (χ4n) is 3.90. The quantitative estimate of drug-likeness (QED) is 0.273. The lowest BCUT2D eigenvalue weighted by molar-refractivity contribution is -0.143. The number of nitrogens with two attached hydrogens (primary N) is 1. The van der Waals surface area contributed by atoms with Gasteiger partial charge in [-0.05, 0) is 66.4 Å². The zero-order valence-corrected chi connectivity index (χ0v) is 23.6. The minimum Gasteiger partial charge on any atom is -0.480 e. The molecule has 3 aromatic rings. The van der Waals surface area contributed by atoms with Gasteiger partial charge in [-0.3, -0.25) is 9.59 Å². The van der Waals surface area contributed by atoms with Crippen molar-refractivity contribution in [3.05, 3.63) is 84.4 Å². The lowest BCUT2D eigenvalue weighted by Crippen LogP contribution is -2.51. The molecule has 0 spiro atoms. The average molecular weight is 590 g/mol. The number of aliphatic carboxylic acids is 1. The van der Waals surface area contributed by atoms with Gasteiger partial charge in [0, 0.05) is 6.54 Å². The minimum absolute atomic E-state index is 0.0470. The maximum atomic E-state index is 13.6. The summed E-state index contributed by atoms with van der Waals surface area (Å²) >= 11 is 0. The Labute approximate surface area is 233 Å². The van der Waals surface area contributed by atoms with E-state index in [0.717, 1.165) is 0 Å². The number of carbonyl (C=O) groups excluding carboxylic acids is 1. The monoisotopic (exact) mass is 589 g/mol. The van der Waals surface area contributed by atoms with Crippen LogP contribution in [0.3, 0.4) is 0 Å². The molecule has 4 N–H and O–H groups in total. The number of ether oxygens (including phenoxy) is 1. The Morgan fingerprint density at radius 2 is 1.43 bits per heavy atom. The first-order valence-corrected chi connectivity index (χ1v) is 15.2. The van der Waals surface area contributed by atoms with Crippen molar-refractivity contribution in [2.75, 3.05) is 13.1 Å². The van der Waals surface area contributed by atoms with Gasteiger partial charge < -0.3 is 15.2 Å². The first kappa shape index (κ1) is 30.8. The SMILES string of the molecule is CC(C)[C@H](C(=O)O)N(CC(=O)NCCc1ccc(S(N)(=O)=O)cc1)S(=O)(=O)c1ccc(Oc2ccccc2)cc1. The van der Waals surface area contributed by atoms with Crippen molar-refractivity contribution >= 4 is 31.9 Å². The molecule has 0 aliphatic rings. The molecule has 13 heteroatoms. The second-order valence-electron chi connectivity index (χ2n) is 9.25. The maximum Gasteiger partial charge on any atom is 0.322 e. The summed E-state index contributed by atoms with van der Waals surface area (Å²) in [5.41, 5.74) is 0.709. The predicted octanol–water partition coefficient (Wildman–Crippen LogP) is 2.59. The molecule has 0 aromatic heterocycles. The minimum atomic E-state index is -4.40. The predicted molar refractivity (Wildman–Crippen MR) is 148 cm³/mol. The summed E-state index contributed by atoms with van der Waals surface area (Å²) in [6, 6.07) is 18.7. The number of benzene rings is 3. The molecular weight excluding hydrogens is 558 g/mol. The van der Waals surface area contributed by atoms with Gasteiger partial charge in [-0.25, -0.2) is 22.0 Å². The van der Waals surface area contributed by atoms with Crippen molar-refractivity contribution in [3.63, 3.8) is 0 Å². The van der Waals surface area contributed by atoms with Crippen molar-refractivity contribution in [2.45, 2.75) is 36.1 Å². The number of sulfonamides is 2. The normalized spacial score (nSPS) is 12.7. The number of nitrogens with zero attached hydrogens (tertiary/aromatic N) is 1. The first-order valence-electron chi connectivity index (χ1n) is 12.2. The van der Waals surface area contributed by atoms with Crippen molar-refractivity contribution in [1.82, 2.24) is 9.62 Å². The van der Waals surface area contributed by atoms with Crippen molar-refractivity contribution in [2.24, 2.45) is 11.1 Å². The topological polar surface area (TPSA) is 173 Å². The van der Waals surface area contributed by atoms with Gasteiger partial charge in [0.05, 0.1) is 16.3 Å². The molecule has 1 amide bonds. The molecule has 1 atom stereocenters. The Morgan fingerprint density at radius 3 is 1.95 bits per heavy atom. The van der Waals surface area contributed by atoms with Gasteiger partial charge in [-0.15, -0.1) is 0 Å². The van der Waals surface area contributed by atoms with Crippen LogP contribution in [0.2, 0.25) is 0 Å². The molecule has 0 unspecified atom stereocenters. The van der Waals surface area contributed by atoms with Crippen LogP contribution in [0.4, 0.5) is 0 Å². The van der Waals surface area contributed by atoms with Gasteiger partial charge in [-0.1, -0.05) is 44.2 Å². The van der Waals surface area contributed by atoms with E-state index in [9.17, 15) is 31.5 Å². The van der Waals surface area contributed by atoms with Gasteiger partial charge in [-0.2, -0.15) is 4.31 Å². The summed E-state index contributed by atoms with van der Waals surface area (Å²) < 4.78 is 56.3. The van der Waals surface area contributed by atoms with Crippen LogP contribution in [0.1, 0.15) is 19.4 Å². The summed E-state index contributed by atoms with van der Waals surface area (Å²) in [6.07, 6.45) is 0.318. The second kappa shape index (κ2) is 13.0. The van der Waals surface area contributed by atoms with E-state index in [-0.39, 0.29) is 16.3 Å². The highest BCUT2D eigenvalue weighted by molar-refractivity contribution is 7.89. The Balaban J connectivity index is 1.74. The molecule has 0 fully saturated rings. The lowest BCUT2D eigenvalue weighted by atomic mass is 10.0. The number of hydrogen-bond donors (Lipinski definition) is 3. The zero-order valence-electron chi connectivity index (χ0n) is 21.9. The standard InChI is InChI=1S/C27H31N3O8S2/c1-19(2)26(27(32)33)30(18-25(31)29-17-16-20-8-12-23(13-9-20)39(28,34)35)40(36,37)24-14-10-22(11-15-24)38-21-6-4-3-5-7-21/h3-15,19,26H,16-18H2,1-2H3,(H,29,31)(H,32,33)(H2,28,34,35)/t26-/m1/s1. The van der Waals surface area contributed by atoms with Crippen LogP contribution in [0.25, 0.3) is 0 Å². The van der Waals surface area contributed by atoms with Crippen LogP contribution in [0.15, 0.2) is 88.7 Å². The first-order chi connectivity index (χ1) is 18.8. The molecule has 11 nitrogen and oxygen atoms in total. The Hall–Kier alpha value is -3.78. The molecule has 0 bridgehead atoms. The van der Waals surface area contributed by atoms with Crippen LogP contribution < -0.4 is 15.2 Å². The van der Waals surface area contributed by atoms with E-state index in [4.69, 9.17) is 9.88 Å². The molecular formula is C27H31N3O8S2. The Bertz CT molecular complexity index is 1520. The highest BCUT2D eigenvalue weighted by Gasteiger charge is 2.39. The highest BCUT2D eigenvalue weighted by Crippen LogP contribution is 2.26. The van der Waals surface area contributed by atoms with Gasteiger partial charge in [0.15, 0.2) is 0 Å². The summed E-state index contributed by atoms with van der Waals surface area (Å²) in [4.78, 5) is 24.6. The third-order valence-electron chi connectivity index (χ3n) is 5.89. The molecule has 3 rings (SSSR count). The molecule has 0 saturated heterocycles. The number of primary sulfonamides is 1. The van der Waals surface area contributed by atoms with Crippen LogP contribution in [0.5, 0.6) is 11.5 Å². The molecule has 0 radical (unpaired) electrons.